The molecule has 0 radical (unpaired) electrons. The maximum Gasteiger partial charge on any atom is 0.127 e. The number of rotatable bonds is 5. The molecule has 2 nitrogen and oxygen atoms in total. The highest BCUT2D eigenvalue weighted by Crippen LogP contribution is 2.37. The van der Waals surface area contributed by atoms with Crippen molar-refractivity contribution in [1.82, 2.24) is 5.32 Å². The van der Waals surface area contributed by atoms with Crippen LogP contribution in [-0.4, -0.2) is 12.1 Å². The minimum Gasteiger partial charge on any atom is -0.487 e. The van der Waals surface area contributed by atoms with Crippen molar-refractivity contribution in [3.63, 3.8) is 0 Å². The van der Waals surface area contributed by atoms with Crippen molar-refractivity contribution < 1.29 is 4.74 Å². The number of fused-ring (bicyclic) bond motifs is 1. The number of para-hydroxylation sites is 1. The molecule has 0 spiro atoms. The third kappa shape index (κ3) is 2.94. The molecule has 0 amide bonds. The monoisotopic (exact) mass is 259 g/mol. The fraction of sp³-hybridized carbons (Fsp3) is 0.647. The van der Waals surface area contributed by atoms with Gasteiger partial charge in [0.25, 0.3) is 0 Å². The molecule has 19 heavy (non-hydrogen) atoms. The maximum atomic E-state index is 6.10. The quantitative estimate of drug-likeness (QED) is 0.814. The highest BCUT2D eigenvalue weighted by atomic mass is 16.5. The van der Waals surface area contributed by atoms with Crippen LogP contribution < -0.4 is 10.1 Å². The molecule has 1 aliphatic heterocycles. The van der Waals surface area contributed by atoms with Crippen LogP contribution in [0.4, 0.5) is 0 Å². The smallest absolute Gasteiger partial charge is 0.127 e. The fourth-order valence-electron chi connectivity index (χ4n) is 3.13. The largest absolute Gasteiger partial charge is 0.487 e. The van der Waals surface area contributed by atoms with E-state index in [4.69, 9.17) is 4.74 Å². The number of hydrogen-bond donors (Lipinski definition) is 1. The lowest BCUT2D eigenvalue weighted by Crippen LogP contribution is -2.25. The SMILES string of the molecule is CC1(C)Cc2cccc(CNCCC3CCC3)c2O1. The van der Waals surface area contributed by atoms with Gasteiger partial charge in [-0.2, -0.15) is 0 Å². The van der Waals surface area contributed by atoms with E-state index in [1.807, 2.05) is 0 Å². The first-order chi connectivity index (χ1) is 9.14. The Morgan fingerprint density at radius 3 is 2.89 bits per heavy atom. The van der Waals surface area contributed by atoms with E-state index in [0.717, 1.165) is 31.2 Å². The summed E-state index contributed by atoms with van der Waals surface area (Å²) in [5.74, 6) is 2.12. The van der Waals surface area contributed by atoms with Crippen LogP contribution in [-0.2, 0) is 13.0 Å². The van der Waals surface area contributed by atoms with Gasteiger partial charge in [-0.1, -0.05) is 37.5 Å². The zero-order chi connectivity index (χ0) is 13.3. The molecule has 1 aromatic rings. The Balaban J connectivity index is 1.55. The summed E-state index contributed by atoms with van der Waals surface area (Å²) in [6.07, 6.45) is 6.69. The van der Waals surface area contributed by atoms with Crippen LogP contribution in [0.15, 0.2) is 18.2 Å². The molecule has 1 heterocycles. The second-order valence-electron chi connectivity index (χ2n) is 6.71. The molecular weight excluding hydrogens is 234 g/mol. The lowest BCUT2D eigenvalue weighted by Gasteiger charge is -2.25. The summed E-state index contributed by atoms with van der Waals surface area (Å²) in [6, 6.07) is 6.55. The Labute approximate surface area is 116 Å². The standard InChI is InChI=1S/C17H25NO/c1-17(2)11-14-7-4-8-15(16(14)19-17)12-18-10-9-13-5-3-6-13/h4,7-8,13,18H,3,5-6,9-12H2,1-2H3. The van der Waals surface area contributed by atoms with Crippen molar-refractivity contribution in [1.29, 1.82) is 0 Å². The summed E-state index contributed by atoms with van der Waals surface area (Å²) in [5, 5.41) is 3.58. The summed E-state index contributed by atoms with van der Waals surface area (Å²) < 4.78 is 6.10. The number of benzene rings is 1. The predicted octanol–water partition coefficient (Wildman–Crippen LogP) is 3.68. The number of hydrogen-bond acceptors (Lipinski definition) is 2. The third-order valence-electron chi connectivity index (χ3n) is 4.44. The molecule has 2 aliphatic rings. The fourth-order valence-corrected chi connectivity index (χ4v) is 3.13. The summed E-state index contributed by atoms with van der Waals surface area (Å²) >= 11 is 0. The van der Waals surface area contributed by atoms with Crippen molar-refractivity contribution in [3.05, 3.63) is 29.3 Å². The van der Waals surface area contributed by atoms with Gasteiger partial charge in [0.1, 0.15) is 11.4 Å². The van der Waals surface area contributed by atoms with Crippen molar-refractivity contribution in [2.45, 2.75) is 58.1 Å². The first-order valence-corrected chi connectivity index (χ1v) is 7.64. The van der Waals surface area contributed by atoms with Gasteiger partial charge in [0.15, 0.2) is 0 Å². The Morgan fingerprint density at radius 1 is 1.32 bits per heavy atom. The Bertz CT molecular complexity index is 449. The van der Waals surface area contributed by atoms with Crippen LogP contribution in [0.3, 0.4) is 0 Å². The number of nitrogens with one attached hydrogen (secondary N) is 1. The maximum absolute atomic E-state index is 6.10. The zero-order valence-corrected chi connectivity index (χ0v) is 12.2. The molecule has 1 fully saturated rings. The predicted molar refractivity (Wildman–Crippen MR) is 78.5 cm³/mol. The first-order valence-electron chi connectivity index (χ1n) is 7.64. The molecule has 1 aliphatic carbocycles. The molecule has 0 unspecified atom stereocenters. The first kappa shape index (κ1) is 13.0. The highest BCUT2D eigenvalue weighted by Gasteiger charge is 2.31. The number of ether oxygens (including phenoxy) is 1. The summed E-state index contributed by atoms with van der Waals surface area (Å²) in [5.41, 5.74) is 2.64. The van der Waals surface area contributed by atoms with E-state index in [1.165, 1.54) is 36.8 Å². The van der Waals surface area contributed by atoms with Gasteiger partial charge in [0.05, 0.1) is 0 Å². The van der Waals surface area contributed by atoms with Gasteiger partial charge in [-0.3, -0.25) is 0 Å². The second kappa shape index (κ2) is 5.16. The van der Waals surface area contributed by atoms with Gasteiger partial charge in [-0.25, -0.2) is 0 Å². The van der Waals surface area contributed by atoms with Crippen molar-refractivity contribution in [2.24, 2.45) is 5.92 Å². The van der Waals surface area contributed by atoms with Crippen LogP contribution in [0.5, 0.6) is 5.75 Å². The minimum atomic E-state index is -0.0373. The third-order valence-corrected chi connectivity index (χ3v) is 4.44. The lowest BCUT2D eigenvalue weighted by atomic mass is 9.83. The molecule has 0 atom stereocenters. The van der Waals surface area contributed by atoms with Crippen molar-refractivity contribution >= 4 is 0 Å². The van der Waals surface area contributed by atoms with E-state index >= 15 is 0 Å². The average Bonchev–Trinajstić information content (AvgIpc) is 2.61. The Hall–Kier alpha value is -1.02. The van der Waals surface area contributed by atoms with Crippen molar-refractivity contribution in [3.8, 4) is 5.75 Å². The van der Waals surface area contributed by atoms with E-state index in [0.29, 0.717) is 0 Å². The zero-order valence-electron chi connectivity index (χ0n) is 12.2. The molecule has 3 rings (SSSR count). The Kier molecular flexibility index (Phi) is 3.53. The average molecular weight is 259 g/mol. The van der Waals surface area contributed by atoms with Crippen LogP contribution in [0.2, 0.25) is 0 Å². The van der Waals surface area contributed by atoms with Crippen LogP contribution in [0, 0.1) is 5.92 Å². The van der Waals surface area contributed by atoms with Crippen molar-refractivity contribution in [2.75, 3.05) is 6.54 Å². The molecule has 0 bridgehead atoms. The second-order valence-corrected chi connectivity index (χ2v) is 6.71. The topological polar surface area (TPSA) is 21.3 Å². The van der Waals surface area contributed by atoms with Crippen LogP contribution in [0.25, 0.3) is 0 Å². The van der Waals surface area contributed by atoms with E-state index in [-0.39, 0.29) is 5.60 Å². The molecule has 2 heteroatoms. The van der Waals surface area contributed by atoms with Gasteiger partial charge in [0, 0.05) is 18.5 Å². The highest BCUT2D eigenvalue weighted by molar-refractivity contribution is 5.45. The van der Waals surface area contributed by atoms with Gasteiger partial charge in [0.2, 0.25) is 0 Å². The normalized spacial score (nSPS) is 20.7. The molecule has 1 N–H and O–H groups in total. The summed E-state index contributed by atoms with van der Waals surface area (Å²) in [4.78, 5) is 0. The van der Waals surface area contributed by atoms with Gasteiger partial charge < -0.3 is 10.1 Å². The van der Waals surface area contributed by atoms with E-state index in [9.17, 15) is 0 Å². The van der Waals surface area contributed by atoms with E-state index < -0.39 is 0 Å². The molecule has 0 aromatic heterocycles. The van der Waals surface area contributed by atoms with E-state index in [2.05, 4.69) is 37.4 Å². The minimum absolute atomic E-state index is 0.0373. The molecular formula is C17H25NO. The van der Waals surface area contributed by atoms with Gasteiger partial charge >= 0.3 is 0 Å². The van der Waals surface area contributed by atoms with Crippen LogP contribution in [0.1, 0.15) is 50.7 Å². The van der Waals surface area contributed by atoms with Gasteiger partial charge in [-0.05, 0) is 38.3 Å². The van der Waals surface area contributed by atoms with Crippen LogP contribution >= 0.6 is 0 Å². The Morgan fingerprint density at radius 2 is 2.16 bits per heavy atom. The van der Waals surface area contributed by atoms with Gasteiger partial charge in [-0.15, -0.1) is 0 Å². The molecule has 104 valence electrons. The summed E-state index contributed by atoms with van der Waals surface area (Å²) in [7, 11) is 0. The molecule has 1 saturated carbocycles. The van der Waals surface area contributed by atoms with E-state index in [1.54, 1.807) is 0 Å². The molecule has 1 aromatic carbocycles. The molecule has 0 saturated heterocycles. The lowest BCUT2D eigenvalue weighted by molar-refractivity contribution is 0.137. The summed E-state index contributed by atoms with van der Waals surface area (Å²) in [6.45, 7) is 6.41.